The van der Waals surface area contributed by atoms with Crippen molar-refractivity contribution in [3.63, 3.8) is 0 Å². The maximum Gasteiger partial charge on any atom is 0.416 e. The van der Waals surface area contributed by atoms with Crippen molar-refractivity contribution in [2.45, 2.75) is 82.8 Å². The third-order valence-corrected chi connectivity index (χ3v) is 9.07. The van der Waals surface area contributed by atoms with Crippen LogP contribution in [0.3, 0.4) is 0 Å². The molecule has 10 nitrogen and oxygen atoms in total. The molecule has 14 heteroatoms. The normalized spacial score (nSPS) is 21.2. The van der Waals surface area contributed by atoms with Gasteiger partial charge >= 0.3 is 12.1 Å². The van der Waals surface area contributed by atoms with E-state index in [9.17, 15) is 31.9 Å². The number of aromatic nitrogens is 2. The average Bonchev–Trinajstić information content (AvgIpc) is 3.59. The number of imidazole rings is 1. The van der Waals surface area contributed by atoms with Crippen molar-refractivity contribution in [2.24, 2.45) is 11.8 Å². The van der Waals surface area contributed by atoms with Gasteiger partial charge < -0.3 is 25.4 Å². The summed E-state index contributed by atoms with van der Waals surface area (Å²) in [5, 5.41) is 14.5. The number of amides is 2. The van der Waals surface area contributed by atoms with Gasteiger partial charge in [-0.3, -0.25) is 19.0 Å². The Kier molecular flexibility index (Phi) is 11.1. The molecule has 0 bridgehead atoms. The molecule has 0 unspecified atom stereocenters. The quantitative estimate of drug-likeness (QED) is 0.101. The molecule has 5 atom stereocenters. The van der Waals surface area contributed by atoms with Gasteiger partial charge in [-0.1, -0.05) is 37.1 Å². The highest BCUT2D eigenvalue weighted by Gasteiger charge is 2.43. The lowest BCUT2D eigenvalue weighted by Crippen LogP contribution is -2.50. The summed E-state index contributed by atoms with van der Waals surface area (Å²) in [6.07, 6.45) is 2.12. The maximum atomic E-state index is 14.3. The van der Waals surface area contributed by atoms with Crippen molar-refractivity contribution in [3.05, 3.63) is 66.0 Å². The van der Waals surface area contributed by atoms with Crippen LogP contribution in [0.1, 0.15) is 57.4 Å². The van der Waals surface area contributed by atoms with E-state index in [4.69, 9.17) is 9.84 Å². The minimum atomic E-state index is -4.80. The number of aliphatic carboxylic acids is 1. The number of carbonyl (C=O) groups excluding carboxylic acids is 2. The third-order valence-electron chi connectivity index (χ3n) is 9.07. The zero-order valence-corrected chi connectivity index (χ0v) is 27.4. The van der Waals surface area contributed by atoms with Gasteiger partial charge in [0.2, 0.25) is 11.8 Å². The molecule has 1 aliphatic carbocycles. The van der Waals surface area contributed by atoms with E-state index in [2.05, 4.69) is 15.6 Å². The molecule has 0 radical (unpaired) electrons. The fourth-order valence-corrected chi connectivity index (χ4v) is 6.40. The number of hydrogen-bond acceptors (Lipinski definition) is 6. The molecule has 3 aromatic rings. The number of carboxylic acids is 1. The van der Waals surface area contributed by atoms with Gasteiger partial charge in [-0.05, 0) is 68.9 Å². The van der Waals surface area contributed by atoms with E-state index in [0.29, 0.717) is 44.3 Å². The maximum absolute atomic E-state index is 14.3. The molecule has 5 rings (SSSR count). The summed E-state index contributed by atoms with van der Waals surface area (Å²) in [6.45, 7) is 2.55. The number of carboxylic acid groups (broad SMARTS) is 1. The standard InChI is InChI=1S/C35H41F4N5O5/c1-3-43-29-14-10-9-12-27(29)42-34(43)49-25-19-30(31(45)40-2)44(20-25)32(46)28(41-24-17-22(35(37,38)39)16-23(36)18-24)13-8-6-4-5-7-11-21-15-26(21)33(47)48/h7,9-12,14,16-18,21,25-26,28,30,41H,3-6,8,13,15,19-20H2,1-2H3,(H,40,45)(H,47,48)/b11-7-/t21-,25-,26+,28+,30+/m1/s1. The number of allylic oxidation sites excluding steroid dienone is 2. The summed E-state index contributed by atoms with van der Waals surface area (Å²) < 4.78 is 63.0. The van der Waals surface area contributed by atoms with Crippen LogP contribution in [-0.2, 0) is 27.1 Å². The molecule has 3 N–H and O–H groups in total. The Bertz CT molecular complexity index is 1690. The second-order valence-corrected chi connectivity index (χ2v) is 12.6. The van der Waals surface area contributed by atoms with Gasteiger partial charge in [0.25, 0.3) is 6.01 Å². The van der Waals surface area contributed by atoms with Gasteiger partial charge in [-0.2, -0.15) is 18.2 Å². The molecule has 49 heavy (non-hydrogen) atoms. The number of aryl methyl sites for hydroxylation is 1. The van der Waals surface area contributed by atoms with Gasteiger partial charge in [0.1, 0.15) is 24.0 Å². The molecule has 2 amide bonds. The minimum Gasteiger partial charge on any atom is -0.481 e. The fourth-order valence-electron chi connectivity index (χ4n) is 6.40. The molecule has 2 aliphatic rings. The third kappa shape index (κ3) is 8.70. The molecule has 2 heterocycles. The number of nitrogens with zero attached hydrogens (tertiary/aromatic N) is 3. The van der Waals surface area contributed by atoms with Crippen molar-refractivity contribution < 1.29 is 41.8 Å². The van der Waals surface area contributed by atoms with Crippen LogP contribution >= 0.6 is 0 Å². The fraction of sp³-hybridized carbons (Fsp3) is 0.486. The van der Waals surface area contributed by atoms with Crippen LogP contribution in [0.25, 0.3) is 11.0 Å². The number of likely N-dealkylation sites (tertiary alicyclic amines) is 1. The van der Waals surface area contributed by atoms with Gasteiger partial charge in [0, 0.05) is 25.7 Å². The van der Waals surface area contributed by atoms with Crippen molar-refractivity contribution in [1.29, 1.82) is 0 Å². The number of anilines is 1. The predicted octanol–water partition coefficient (Wildman–Crippen LogP) is 6.02. The molecular formula is C35H41F4N5O5. The smallest absolute Gasteiger partial charge is 0.416 e. The number of rotatable bonds is 15. The number of ether oxygens (including phenoxy) is 1. The van der Waals surface area contributed by atoms with E-state index in [-0.39, 0.29) is 36.9 Å². The van der Waals surface area contributed by atoms with Crippen molar-refractivity contribution >= 4 is 34.5 Å². The summed E-state index contributed by atoms with van der Waals surface area (Å²) in [5.74, 6) is -3.10. The molecule has 1 aliphatic heterocycles. The molecule has 2 aromatic carbocycles. The Hall–Kier alpha value is -4.62. The van der Waals surface area contributed by atoms with Crippen LogP contribution in [0.15, 0.2) is 54.6 Å². The first kappa shape index (κ1) is 35.7. The number of nitrogens with one attached hydrogen (secondary N) is 2. The Morgan fingerprint density at radius 3 is 2.59 bits per heavy atom. The highest BCUT2D eigenvalue weighted by atomic mass is 19.4. The number of likely N-dealkylation sites (N-methyl/N-ethyl adjacent to an activating group) is 1. The zero-order chi connectivity index (χ0) is 35.3. The second-order valence-electron chi connectivity index (χ2n) is 12.6. The van der Waals surface area contributed by atoms with E-state index in [1.54, 1.807) is 0 Å². The molecule has 1 saturated carbocycles. The Morgan fingerprint density at radius 1 is 1.12 bits per heavy atom. The molecule has 1 aromatic heterocycles. The lowest BCUT2D eigenvalue weighted by molar-refractivity contribution is -0.139. The summed E-state index contributed by atoms with van der Waals surface area (Å²) in [7, 11) is 1.45. The second kappa shape index (κ2) is 15.3. The van der Waals surface area contributed by atoms with E-state index in [0.717, 1.165) is 29.6 Å². The van der Waals surface area contributed by atoms with Gasteiger partial charge in [0.15, 0.2) is 0 Å². The van der Waals surface area contributed by atoms with Crippen molar-refractivity contribution in [2.75, 3.05) is 18.9 Å². The summed E-state index contributed by atoms with van der Waals surface area (Å²) in [4.78, 5) is 44.2. The molecule has 2 fully saturated rings. The van der Waals surface area contributed by atoms with Gasteiger partial charge in [0.05, 0.1) is 29.1 Å². The van der Waals surface area contributed by atoms with Crippen molar-refractivity contribution in [3.8, 4) is 6.01 Å². The number of hydrogen-bond donors (Lipinski definition) is 3. The molecule has 0 spiro atoms. The number of halogens is 4. The van der Waals surface area contributed by atoms with Crippen LogP contribution in [0, 0.1) is 17.7 Å². The topological polar surface area (TPSA) is 126 Å². The van der Waals surface area contributed by atoms with Crippen LogP contribution in [-0.4, -0.2) is 69.1 Å². The average molecular weight is 688 g/mol. The highest BCUT2D eigenvalue weighted by Crippen LogP contribution is 2.40. The first-order valence-corrected chi connectivity index (χ1v) is 16.6. The lowest BCUT2D eigenvalue weighted by Gasteiger charge is -2.29. The monoisotopic (exact) mass is 687 g/mol. The van der Waals surface area contributed by atoms with Crippen molar-refractivity contribution in [1.82, 2.24) is 19.8 Å². The summed E-state index contributed by atoms with van der Waals surface area (Å²) >= 11 is 0. The number of unbranched alkanes of at least 4 members (excludes halogenated alkanes) is 3. The largest absolute Gasteiger partial charge is 0.481 e. The SMILES string of the molecule is CCn1c(O[C@@H]2C[C@@H](C(=O)NC)N(C(=O)[C@H](CCCCC/C=C\[C@@H]3C[C@@H]3C(=O)O)Nc3cc(F)cc(C(F)(F)F)c3)C2)nc2ccccc21. The molecular weight excluding hydrogens is 646 g/mol. The number of fused-ring (bicyclic) bond motifs is 1. The molecule has 264 valence electrons. The Balaban J connectivity index is 1.31. The Morgan fingerprint density at radius 2 is 1.90 bits per heavy atom. The van der Waals surface area contributed by atoms with Gasteiger partial charge in [-0.25, -0.2) is 4.39 Å². The minimum absolute atomic E-state index is 0.0300. The van der Waals surface area contributed by atoms with Crippen LogP contribution in [0.2, 0.25) is 0 Å². The highest BCUT2D eigenvalue weighted by molar-refractivity contribution is 5.91. The van der Waals surface area contributed by atoms with E-state index < -0.39 is 53.5 Å². The molecule has 1 saturated heterocycles. The number of para-hydroxylation sites is 2. The summed E-state index contributed by atoms with van der Waals surface area (Å²) in [5.41, 5.74) is 0.216. The number of alkyl halides is 3. The van der Waals surface area contributed by atoms with Crippen LogP contribution in [0.5, 0.6) is 6.01 Å². The summed E-state index contributed by atoms with van der Waals surface area (Å²) in [6, 6.07) is 7.97. The van der Waals surface area contributed by atoms with E-state index in [1.807, 2.05) is 47.9 Å². The van der Waals surface area contributed by atoms with Crippen LogP contribution < -0.4 is 15.4 Å². The first-order chi connectivity index (χ1) is 23.4. The van der Waals surface area contributed by atoms with Gasteiger partial charge in [-0.15, -0.1) is 0 Å². The first-order valence-electron chi connectivity index (χ1n) is 16.6. The Labute approximate surface area is 281 Å². The number of benzene rings is 2. The number of carbonyl (C=O) groups is 3. The predicted molar refractivity (Wildman–Crippen MR) is 174 cm³/mol. The van der Waals surface area contributed by atoms with Crippen LogP contribution in [0.4, 0.5) is 23.2 Å². The zero-order valence-electron chi connectivity index (χ0n) is 27.4. The van der Waals surface area contributed by atoms with E-state index in [1.165, 1.54) is 11.9 Å². The lowest BCUT2D eigenvalue weighted by atomic mass is 10.0. The van der Waals surface area contributed by atoms with E-state index >= 15 is 0 Å².